The second kappa shape index (κ2) is 6.13. The number of aromatic nitrogens is 4. The number of hydrogen-bond donors (Lipinski definition) is 0. The molecule has 0 bridgehead atoms. The zero-order chi connectivity index (χ0) is 19.2. The quantitative estimate of drug-likeness (QED) is 0.630. The summed E-state index contributed by atoms with van der Waals surface area (Å²) >= 11 is 0. The Labute approximate surface area is 149 Å². The van der Waals surface area contributed by atoms with Gasteiger partial charge in [-0.15, -0.1) is 0 Å². The molecule has 0 saturated carbocycles. The Kier molecular flexibility index (Phi) is 4.23. The van der Waals surface area contributed by atoms with Crippen LogP contribution in [0.5, 0.6) is 5.75 Å². The Morgan fingerprint density at radius 1 is 1.00 bits per heavy atom. The number of nitrogens with zero attached hydrogens (tertiary/aromatic N) is 4. The first-order valence-corrected chi connectivity index (χ1v) is 9.30. The first-order valence-electron chi connectivity index (χ1n) is 7.65. The molecule has 0 aliphatic heterocycles. The summed E-state index contributed by atoms with van der Waals surface area (Å²) in [5, 5.41) is -0.262. The Morgan fingerprint density at radius 3 is 2.19 bits per heavy atom. The highest BCUT2D eigenvalue weighted by Crippen LogP contribution is 2.20. The monoisotopic (exact) mass is 378 g/mol. The van der Waals surface area contributed by atoms with Gasteiger partial charge in [0.05, 0.1) is 12.9 Å². The SMILES string of the molecule is COc1ccc(CS(=O)(=O)c2nc3c(c(=O)n(C)c(=O)n3C)n2C)cc1. The summed E-state index contributed by atoms with van der Waals surface area (Å²) < 4.78 is 34.0. The van der Waals surface area contributed by atoms with Crippen molar-refractivity contribution in [2.45, 2.75) is 10.9 Å². The maximum Gasteiger partial charge on any atom is 0.332 e. The third kappa shape index (κ3) is 2.71. The fraction of sp³-hybridized carbons (Fsp3) is 0.312. The van der Waals surface area contributed by atoms with Gasteiger partial charge < -0.3 is 9.30 Å². The van der Waals surface area contributed by atoms with Gasteiger partial charge in [0.25, 0.3) is 5.56 Å². The summed E-state index contributed by atoms with van der Waals surface area (Å²) in [6, 6.07) is 6.63. The van der Waals surface area contributed by atoms with E-state index in [9.17, 15) is 18.0 Å². The number of ether oxygens (including phenoxy) is 1. The van der Waals surface area contributed by atoms with E-state index in [1.165, 1.54) is 32.8 Å². The first kappa shape index (κ1) is 17.9. The highest BCUT2D eigenvalue weighted by atomic mass is 32.2. The maximum absolute atomic E-state index is 12.8. The smallest absolute Gasteiger partial charge is 0.332 e. The van der Waals surface area contributed by atoms with Crippen LogP contribution < -0.4 is 16.0 Å². The summed E-state index contributed by atoms with van der Waals surface area (Å²) in [6.45, 7) is 0. The molecule has 2 aromatic heterocycles. The molecular formula is C16H18N4O5S. The van der Waals surface area contributed by atoms with Crippen molar-refractivity contribution in [3.8, 4) is 5.75 Å². The Balaban J connectivity index is 2.16. The van der Waals surface area contributed by atoms with Crippen molar-refractivity contribution in [1.29, 1.82) is 0 Å². The van der Waals surface area contributed by atoms with E-state index in [0.29, 0.717) is 11.3 Å². The van der Waals surface area contributed by atoms with Gasteiger partial charge in [0, 0.05) is 21.1 Å². The van der Waals surface area contributed by atoms with Crippen molar-refractivity contribution in [3.63, 3.8) is 0 Å². The predicted molar refractivity (Wildman–Crippen MR) is 95.1 cm³/mol. The fourth-order valence-corrected chi connectivity index (χ4v) is 4.28. The zero-order valence-corrected chi connectivity index (χ0v) is 15.6. The molecule has 9 nitrogen and oxygen atoms in total. The average molecular weight is 378 g/mol. The number of rotatable bonds is 4. The molecule has 0 aliphatic carbocycles. The van der Waals surface area contributed by atoms with Crippen LogP contribution in [0.4, 0.5) is 0 Å². The van der Waals surface area contributed by atoms with Crippen LogP contribution in [0.15, 0.2) is 39.0 Å². The molecule has 0 radical (unpaired) electrons. The van der Waals surface area contributed by atoms with E-state index in [1.54, 1.807) is 24.3 Å². The second-order valence-corrected chi connectivity index (χ2v) is 7.82. The van der Waals surface area contributed by atoms with Crippen molar-refractivity contribution in [2.24, 2.45) is 21.1 Å². The standard InChI is InChI=1S/C16H18N4O5S/c1-18-12-13(19(2)16(22)20(3)14(12)21)17-15(18)26(23,24)9-10-5-7-11(25-4)8-6-10/h5-8H,9H2,1-4H3. The van der Waals surface area contributed by atoms with Gasteiger partial charge in [0.15, 0.2) is 11.2 Å². The third-order valence-electron chi connectivity index (χ3n) is 4.23. The van der Waals surface area contributed by atoms with Crippen LogP contribution in [0.1, 0.15) is 5.56 Å². The average Bonchev–Trinajstić information content (AvgIpc) is 2.97. The topological polar surface area (TPSA) is 105 Å². The largest absolute Gasteiger partial charge is 0.497 e. The van der Waals surface area contributed by atoms with Crippen LogP contribution in [0.2, 0.25) is 0 Å². The number of sulfone groups is 1. The van der Waals surface area contributed by atoms with Crippen molar-refractivity contribution in [3.05, 3.63) is 50.7 Å². The lowest BCUT2D eigenvalue weighted by atomic mass is 10.2. The van der Waals surface area contributed by atoms with Gasteiger partial charge in [-0.2, -0.15) is 4.98 Å². The zero-order valence-electron chi connectivity index (χ0n) is 14.8. The molecule has 10 heteroatoms. The lowest BCUT2D eigenvalue weighted by molar-refractivity contribution is 0.414. The maximum atomic E-state index is 12.8. The Bertz CT molecular complexity index is 1220. The lowest BCUT2D eigenvalue weighted by Crippen LogP contribution is -2.37. The van der Waals surface area contributed by atoms with Crippen LogP contribution >= 0.6 is 0 Å². The van der Waals surface area contributed by atoms with E-state index in [4.69, 9.17) is 4.74 Å². The minimum atomic E-state index is -3.84. The minimum absolute atomic E-state index is 0.0360. The van der Waals surface area contributed by atoms with E-state index in [2.05, 4.69) is 4.98 Å². The van der Waals surface area contributed by atoms with Crippen LogP contribution in [-0.2, 0) is 36.7 Å². The van der Waals surface area contributed by atoms with Gasteiger partial charge in [0.1, 0.15) is 5.75 Å². The van der Waals surface area contributed by atoms with E-state index < -0.39 is 21.1 Å². The molecule has 3 rings (SSSR count). The third-order valence-corrected chi connectivity index (χ3v) is 5.86. The molecule has 2 heterocycles. The Hall–Kier alpha value is -2.88. The molecule has 0 aliphatic rings. The number of fused-ring (bicyclic) bond motifs is 1. The van der Waals surface area contributed by atoms with Crippen LogP contribution in [0.25, 0.3) is 11.2 Å². The molecule has 0 fully saturated rings. The van der Waals surface area contributed by atoms with Gasteiger partial charge in [-0.1, -0.05) is 12.1 Å². The van der Waals surface area contributed by atoms with Gasteiger partial charge in [-0.05, 0) is 17.7 Å². The normalized spacial score (nSPS) is 11.8. The number of imidazole rings is 1. The molecule has 0 N–H and O–H groups in total. The van der Waals surface area contributed by atoms with E-state index in [1.807, 2.05) is 0 Å². The summed E-state index contributed by atoms with van der Waals surface area (Å²) in [5.74, 6) is 0.329. The lowest BCUT2D eigenvalue weighted by Gasteiger charge is -2.06. The van der Waals surface area contributed by atoms with Crippen LogP contribution in [0, 0.1) is 0 Å². The summed E-state index contributed by atoms with van der Waals surface area (Å²) in [4.78, 5) is 28.5. The fourth-order valence-electron chi connectivity index (χ4n) is 2.78. The molecular weight excluding hydrogens is 360 g/mol. The van der Waals surface area contributed by atoms with Crippen LogP contribution in [0.3, 0.4) is 0 Å². The molecule has 0 spiro atoms. The number of methoxy groups -OCH3 is 1. The molecule has 26 heavy (non-hydrogen) atoms. The van der Waals surface area contributed by atoms with Crippen molar-refractivity contribution in [1.82, 2.24) is 18.7 Å². The summed E-state index contributed by atoms with van der Waals surface area (Å²) in [6.07, 6.45) is 0. The van der Waals surface area contributed by atoms with Gasteiger partial charge in [-0.3, -0.25) is 13.9 Å². The molecule has 1 aromatic carbocycles. The highest BCUT2D eigenvalue weighted by Gasteiger charge is 2.26. The highest BCUT2D eigenvalue weighted by molar-refractivity contribution is 7.90. The van der Waals surface area contributed by atoms with Gasteiger partial charge >= 0.3 is 5.69 Å². The minimum Gasteiger partial charge on any atom is -0.497 e. The molecule has 0 saturated heterocycles. The van der Waals surface area contributed by atoms with Gasteiger partial charge in [0.2, 0.25) is 15.0 Å². The molecule has 0 atom stereocenters. The van der Waals surface area contributed by atoms with E-state index in [-0.39, 0.29) is 22.1 Å². The Morgan fingerprint density at radius 2 is 1.62 bits per heavy atom. The first-order chi connectivity index (χ1) is 12.2. The molecule has 138 valence electrons. The van der Waals surface area contributed by atoms with Crippen molar-refractivity contribution < 1.29 is 13.2 Å². The van der Waals surface area contributed by atoms with Gasteiger partial charge in [-0.25, -0.2) is 13.2 Å². The molecule has 3 aromatic rings. The molecule has 0 unspecified atom stereocenters. The summed E-state index contributed by atoms with van der Waals surface area (Å²) in [5.41, 5.74) is -0.514. The summed E-state index contributed by atoms with van der Waals surface area (Å²) in [7, 11) is 1.91. The molecule has 0 amide bonds. The van der Waals surface area contributed by atoms with Crippen molar-refractivity contribution in [2.75, 3.05) is 7.11 Å². The number of benzene rings is 1. The predicted octanol–water partition coefficient (Wildman–Crippen LogP) is -0.0468. The van der Waals surface area contributed by atoms with Crippen LogP contribution in [-0.4, -0.2) is 34.2 Å². The van der Waals surface area contributed by atoms with E-state index >= 15 is 0 Å². The second-order valence-electron chi connectivity index (χ2n) is 5.94. The van der Waals surface area contributed by atoms with Crippen molar-refractivity contribution >= 4 is 21.0 Å². The van der Waals surface area contributed by atoms with E-state index in [0.717, 1.165) is 9.13 Å². The number of aryl methyl sites for hydroxylation is 2. The number of hydrogen-bond acceptors (Lipinski definition) is 6.